The molecule has 33 heavy (non-hydrogen) atoms. The number of carbonyl (C=O) groups is 2. The molecule has 2 aromatic rings. The number of piperazine rings is 1. The number of anilines is 1. The van der Waals surface area contributed by atoms with Crippen molar-refractivity contribution in [1.82, 2.24) is 9.80 Å². The second-order valence-corrected chi connectivity index (χ2v) is 8.28. The summed E-state index contributed by atoms with van der Waals surface area (Å²) in [6.45, 7) is 3.57. The summed E-state index contributed by atoms with van der Waals surface area (Å²) in [6.07, 6.45) is -2.89. The number of hydrogen-bond acceptors (Lipinski definition) is 4. The minimum absolute atomic E-state index is 0.0686. The second-order valence-electron chi connectivity index (χ2n) is 8.28. The first-order valence-corrected chi connectivity index (χ1v) is 11.0. The minimum atomic E-state index is -4.33. The van der Waals surface area contributed by atoms with Crippen LogP contribution >= 0.6 is 0 Å². The number of nitrogens with zero attached hydrogens (tertiary/aromatic N) is 3. The van der Waals surface area contributed by atoms with E-state index in [1.807, 2.05) is 12.1 Å². The van der Waals surface area contributed by atoms with Gasteiger partial charge in [-0.25, -0.2) is 0 Å². The van der Waals surface area contributed by atoms with Crippen LogP contribution in [0.25, 0.3) is 0 Å². The molecule has 2 heterocycles. The molecule has 2 fully saturated rings. The van der Waals surface area contributed by atoms with Crippen LogP contribution in [0, 0.1) is 0 Å². The van der Waals surface area contributed by atoms with Gasteiger partial charge in [-0.15, -0.1) is 0 Å². The molecule has 0 N–H and O–H groups in total. The highest BCUT2D eigenvalue weighted by Crippen LogP contribution is 2.29. The highest BCUT2D eigenvalue weighted by molar-refractivity contribution is 5.95. The van der Waals surface area contributed by atoms with Crippen LogP contribution in [0.2, 0.25) is 0 Å². The van der Waals surface area contributed by atoms with E-state index < -0.39 is 11.7 Å². The van der Waals surface area contributed by atoms with E-state index in [1.165, 1.54) is 12.1 Å². The lowest BCUT2D eigenvalue weighted by molar-refractivity contribution is -0.137. The van der Waals surface area contributed by atoms with Crippen molar-refractivity contribution in [1.29, 1.82) is 0 Å². The lowest BCUT2D eigenvalue weighted by atomic mass is 10.1. The van der Waals surface area contributed by atoms with E-state index in [0.717, 1.165) is 36.3 Å². The van der Waals surface area contributed by atoms with Gasteiger partial charge in [0.1, 0.15) is 5.75 Å². The van der Waals surface area contributed by atoms with Crippen molar-refractivity contribution in [3.63, 3.8) is 0 Å². The van der Waals surface area contributed by atoms with Gasteiger partial charge in [-0.05, 0) is 48.4 Å². The minimum Gasteiger partial charge on any atom is -0.484 e. The van der Waals surface area contributed by atoms with Crippen LogP contribution in [0.1, 0.15) is 24.0 Å². The van der Waals surface area contributed by atoms with E-state index in [-0.39, 0.29) is 18.4 Å². The number of amides is 2. The maximum Gasteiger partial charge on any atom is 0.416 e. The van der Waals surface area contributed by atoms with E-state index in [4.69, 9.17) is 4.74 Å². The van der Waals surface area contributed by atoms with Gasteiger partial charge in [0.25, 0.3) is 5.91 Å². The number of ether oxygens (including phenoxy) is 1. The summed E-state index contributed by atoms with van der Waals surface area (Å²) in [6, 6.07) is 12.4. The Balaban J connectivity index is 1.20. The Morgan fingerprint density at radius 2 is 1.58 bits per heavy atom. The summed E-state index contributed by atoms with van der Waals surface area (Å²) in [7, 11) is 0. The van der Waals surface area contributed by atoms with Gasteiger partial charge >= 0.3 is 6.18 Å². The first-order chi connectivity index (χ1) is 15.8. The normalized spacial score (nSPS) is 17.5. The molecule has 0 atom stereocenters. The Morgan fingerprint density at radius 3 is 2.15 bits per heavy atom. The Kier molecular flexibility index (Phi) is 6.88. The molecular formula is C24H26F3N3O3. The van der Waals surface area contributed by atoms with Crippen LogP contribution in [-0.4, -0.2) is 60.9 Å². The fraction of sp³-hybridized carbons (Fsp3) is 0.417. The Morgan fingerprint density at radius 1 is 0.909 bits per heavy atom. The monoisotopic (exact) mass is 461 g/mol. The molecule has 0 aliphatic carbocycles. The van der Waals surface area contributed by atoms with Crippen molar-refractivity contribution in [2.45, 2.75) is 25.6 Å². The molecule has 0 unspecified atom stereocenters. The van der Waals surface area contributed by atoms with Crippen molar-refractivity contribution in [2.75, 3.05) is 44.2 Å². The summed E-state index contributed by atoms with van der Waals surface area (Å²) in [5.74, 6) is 0.582. The van der Waals surface area contributed by atoms with E-state index in [9.17, 15) is 22.8 Å². The number of hydrogen-bond donors (Lipinski definition) is 0. The number of alkyl halides is 3. The molecule has 0 radical (unpaired) electrons. The molecule has 0 saturated carbocycles. The second kappa shape index (κ2) is 9.82. The average molecular weight is 461 g/mol. The first-order valence-electron chi connectivity index (χ1n) is 11.0. The van der Waals surface area contributed by atoms with Gasteiger partial charge in [-0.2, -0.15) is 13.2 Å². The molecule has 2 amide bonds. The fourth-order valence-corrected chi connectivity index (χ4v) is 4.09. The zero-order valence-corrected chi connectivity index (χ0v) is 18.2. The molecule has 9 heteroatoms. The van der Waals surface area contributed by atoms with E-state index >= 15 is 0 Å². The predicted molar refractivity (Wildman–Crippen MR) is 117 cm³/mol. The third-order valence-electron chi connectivity index (χ3n) is 6.00. The Hall–Kier alpha value is -3.07. The number of carbonyl (C=O) groups excluding carboxylic acids is 2. The molecule has 0 spiro atoms. The molecule has 2 aliphatic rings. The third-order valence-corrected chi connectivity index (χ3v) is 6.00. The van der Waals surface area contributed by atoms with Gasteiger partial charge in [0, 0.05) is 51.4 Å². The average Bonchev–Trinajstić information content (AvgIpc) is 3.24. The number of benzene rings is 2. The fourth-order valence-electron chi connectivity index (χ4n) is 4.09. The SMILES string of the molecule is O=C(COc1ccc(N2CCCC2=O)cc1)N1CCN(Cc2ccc(C(F)(F)F)cc2)CC1. The van der Waals surface area contributed by atoms with Crippen LogP contribution in [-0.2, 0) is 22.3 Å². The third kappa shape index (κ3) is 5.84. The number of halogens is 3. The maximum absolute atomic E-state index is 12.7. The molecule has 0 bridgehead atoms. The maximum atomic E-state index is 12.7. The Labute approximate surface area is 190 Å². The first kappa shape index (κ1) is 23.1. The van der Waals surface area contributed by atoms with E-state index in [1.54, 1.807) is 21.9 Å². The zero-order valence-electron chi connectivity index (χ0n) is 18.2. The molecule has 6 nitrogen and oxygen atoms in total. The Bertz CT molecular complexity index is 969. The van der Waals surface area contributed by atoms with Gasteiger partial charge in [-0.1, -0.05) is 12.1 Å². The van der Waals surface area contributed by atoms with Gasteiger partial charge < -0.3 is 14.5 Å². The van der Waals surface area contributed by atoms with Crippen LogP contribution < -0.4 is 9.64 Å². The molecule has 2 aromatic carbocycles. The van der Waals surface area contributed by atoms with Crippen molar-refractivity contribution in [3.8, 4) is 5.75 Å². The molecule has 176 valence electrons. The van der Waals surface area contributed by atoms with Crippen molar-refractivity contribution < 1.29 is 27.5 Å². The summed E-state index contributed by atoms with van der Waals surface area (Å²) in [5.41, 5.74) is 0.992. The molecule has 0 aromatic heterocycles. The topological polar surface area (TPSA) is 53.1 Å². The van der Waals surface area contributed by atoms with Crippen LogP contribution in [0.4, 0.5) is 18.9 Å². The smallest absolute Gasteiger partial charge is 0.416 e. The highest BCUT2D eigenvalue weighted by Gasteiger charge is 2.30. The summed E-state index contributed by atoms with van der Waals surface area (Å²) in [5, 5.41) is 0. The number of rotatable bonds is 6. The van der Waals surface area contributed by atoms with E-state index in [0.29, 0.717) is 44.9 Å². The van der Waals surface area contributed by atoms with Crippen molar-refractivity contribution >= 4 is 17.5 Å². The molecule has 2 saturated heterocycles. The largest absolute Gasteiger partial charge is 0.484 e. The van der Waals surface area contributed by atoms with E-state index in [2.05, 4.69) is 4.90 Å². The summed E-state index contributed by atoms with van der Waals surface area (Å²) >= 11 is 0. The summed E-state index contributed by atoms with van der Waals surface area (Å²) in [4.78, 5) is 29.9. The van der Waals surface area contributed by atoms with Crippen LogP contribution in [0.15, 0.2) is 48.5 Å². The zero-order chi connectivity index (χ0) is 23.4. The van der Waals surface area contributed by atoms with Gasteiger partial charge in [0.15, 0.2) is 6.61 Å². The van der Waals surface area contributed by atoms with Crippen molar-refractivity contribution in [3.05, 3.63) is 59.7 Å². The van der Waals surface area contributed by atoms with Crippen LogP contribution in [0.5, 0.6) is 5.75 Å². The highest BCUT2D eigenvalue weighted by atomic mass is 19.4. The predicted octanol–water partition coefficient (Wildman–Crippen LogP) is 3.56. The quantitative estimate of drug-likeness (QED) is 0.660. The lowest BCUT2D eigenvalue weighted by Crippen LogP contribution is -2.49. The van der Waals surface area contributed by atoms with Crippen molar-refractivity contribution in [2.24, 2.45) is 0 Å². The molecular weight excluding hydrogens is 435 g/mol. The lowest BCUT2D eigenvalue weighted by Gasteiger charge is -2.34. The summed E-state index contributed by atoms with van der Waals surface area (Å²) < 4.78 is 43.7. The van der Waals surface area contributed by atoms with Crippen LogP contribution in [0.3, 0.4) is 0 Å². The van der Waals surface area contributed by atoms with Gasteiger partial charge in [0.2, 0.25) is 5.91 Å². The standard InChI is InChI=1S/C24H26F3N3O3/c25-24(26,27)19-5-3-18(4-6-19)16-28-12-14-29(15-13-28)23(32)17-33-21-9-7-20(8-10-21)30-11-1-2-22(30)31/h3-10H,1-2,11-17H2. The van der Waals surface area contributed by atoms with Gasteiger partial charge in [0.05, 0.1) is 5.56 Å². The molecule has 2 aliphatic heterocycles. The van der Waals surface area contributed by atoms with Gasteiger partial charge in [-0.3, -0.25) is 14.5 Å². The molecule has 4 rings (SSSR count).